The van der Waals surface area contributed by atoms with Crippen molar-refractivity contribution in [2.24, 2.45) is 0 Å². The third-order valence-electron chi connectivity index (χ3n) is 2.73. The molecule has 18 heavy (non-hydrogen) atoms. The van der Waals surface area contributed by atoms with Crippen molar-refractivity contribution in [2.75, 3.05) is 6.61 Å². The average Bonchev–Trinajstić information content (AvgIpc) is 2.81. The standard InChI is InChI=1S/C14H23NO2S/c1-4-7-12(13-8-6-9-18-13)15-11(3)10-14(16)17-5-2/h6,8-9,11-12,15H,4-5,7,10H2,1-3H3. The largest absolute Gasteiger partial charge is 0.466 e. The highest BCUT2D eigenvalue weighted by atomic mass is 32.1. The fourth-order valence-corrected chi connectivity index (χ4v) is 2.78. The Morgan fingerprint density at radius 3 is 2.83 bits per heavy atom. The number of hydrogen-bond donors (Lipinski definition) is 1. The van der Waals surface area contributed by atoms with E-state index in [9.17, 15) is 4.79 Å². The molecule has 0 radical (unpaired) electrons. The van der Waals surface area contributed by atoms with Gasteiger partial charge in [-0.05, 0) is 31.7 Å². The molecule has 0 aliphatic heterocycles. The Balaban J connectivity index is 2.48. The van der Waals surface area contributed by atoms with Crippen LogP contribution in [0, 0.1) is 0 Å². The normalized spacial score (nSPS) is 14.2. The van der Waals surface area contributed by atoms with E-state index in [1.807, 2.05) is 13.8 Å². The van der Waals surface area contributed by atoms with E-state index in [1.54, 1.807) is 11.3 Å². The van der Waals surface area contributed by atoms with E-state index in [0.29, 0.717) is 19.1 Å². The van der Waals surface area contributed by atoms with Crippen LogP contribution in [0.3, 0.4) is 0 Å². The number of hydrogen-bond acceptors (Lipinski definition) is 4. The number of rotatable bonds is 8. The summed E-state index contributed by atoms with van der Waals surface area (Å²) in [7, 11) is 0. The van der Waals surface area contributed by atoms with Crippen molar-refractivity contribution < 1.29 is 9.53 Å². The summed E-state index contributed by atoms with van der Waals surface area (Å²) in [6.07, 6.45) is 2.65. The molecule has 0 fully saturated rings. The van der Waals surface area contributed by atoms with Crippen LogP contribution in [0.15, 0.2) is 17.5 Å². The predicted octanol–water partition coefficient (Wildman–Crippen LogP) is 3.52. The lowest BCUT2D eigenvalue weighted by atomic mass is 10.1. The second kappa shape index (κ2) is 8.27. The first-order chi connectivity index (χ1) is 8.67. The fraction of sp³-hybridized carbons (Fsp3) is 0.643. The zero-order valence-corrected chi connectivity index (χ0v) is 12.3. The van der Waals surface area contributed by atoms with Crippen LogP contribution in [0.2, 0.25) is 0 Å². The number of ether oxygens (including phenoxy) is 1. The van der Waals surface area contributed by atoms with Crippen LogP contribution in [0.1, 0.15) is 51.0 Å². The molecule has 0 bridgehead atoms. The van der Waals surface area contributed by atoms with Crippen LogP contribution in [0.5, 0.6) is 0 Å². The van der Waals surface area contributed by atoms with Gasteiger partial charge in [-0.15, -0.1) is 11.3 Å². The smallest absolute Gasteiger partial charge is 0.307 e. The number of nitrogens with one attached hydrogen (secondary N) is 1. The van der Waals surface area contributed by atoms with Crippen LogP contribution >= 0.6 is 11.3 Å². The first kappa shape index (κ1) is 15.2. The minimum absolute atomic E-state index is 0.126. The van der Waals surface area contributed by atoms with Crippen molar-refractivity contribution in [1.82, 2.24) is 5.32 Å². The quantitative estimate of drug-likeness (QED) is 0.734. The lowest BCUT2D eigenvalue weighted by Gasteiger charge is -2.21. The van der Waals surface area contributed by atoms with Gasteiger partial charge in [-0.2, -0.15) is 0 Å². The van der Waals surface area contributed by atoms with E-state index < -0.39 is 0 Å². The molecule has 0 aliphatic rings. The third kappa shape index (κ3) is 5.19. The van der Waals surface area contributed by atoms with E-state index in [2.05, 4.69) is 29.8 Å². The Hall–Kier alpha value is -0.870. The van der Waals surface area contributed by atoms with Crippen molar-refractivity contribution in [3.8, 4) is 0 Å². The molecular formula is C14H23NO2S. The Kier molecular flexibility index (Phi) is 6.98. The van der Waals surface area contributed by atoms with Gasteiger partial charge in [-0.25, -0.2) is 0 Å². The maximum absolute atomic E-state index is 11.4. The van der Waals surface area contributed by atoms with Gasteiger partial charge in [0.15, 0.2) is 0 Å². The molecular weight excluding hydrogens is 246 g/mol. The van der Waals surface area contributed by atoms with E-state index in [4.69, 9.17) is 4.74 Å². The average molecular weight is 269 g/mol. The van der Waals surface area contributed by atoms with Gasteiger partial charge in [-0.3, -0.25) is 4.79 Å². The van der Waals surface area contributed by atoms with E-state index in [0.717, 1.165) is 12.8 Å². The van der Waals surface area contributed by atoms with E-state index >= 15 is 0 Å². The molecule has 1 N–H and O–H groups in total. The van der Waals surface area contributed by atoms with Crippen LogP contribution in [0.4, 0.5) is 0 Å². The molecule has 0 aliphatic carbocycles. The summed E-state index contributed by atoms with van der Waals surface area (Å²) in [5.74, 6) is -0.126. The van der Waals surface area contributed by atoms with Gasteiger partial charge in [0.1, 0.15) is 0 Å². The van der Waals surface area contributed by atoms with Crippen LogP contribution < -0.4 is 5.32 Å². The number of esters is 1. The van der Waals surface area contributed by atoms with E-state index in [-0.39, 0.29) is 12.0 Å². The van der Waals surface area contributed by atoms with Gasteiger partial charge >= 0.3 is 5.97 Å². The predicted molar refractivity (Wildman–Crippen MR) is 75.8 cm³/mol. The molecule has 1 aromatic heterocycles. The van der Waals surface area contributed by atoms with Crippen LogP contribution in [-0.4, -0.2) is 18.6 Å². The summed E-state index contributed by atoms with van der Waals surface area (Å²) in [5.41, 5.74) is 0. The fourth-order valence-electron chi connectivity index (χ4n) is 1.96. The highest BCUT2D eigenvalue weighted by Crippen LogP contribution is 2.24. The van der Waals surface area contributed by atoms with Crippen molar-refractivity contribution in [3.63, 3.8) is 0 Å². The molecule has 0 aromatic carbocycles. The second-order valence-electron chi connectivity index (χ2n) is 4.43. The van der Waals surface area contributed by atoms with Gasteiger partial charge in [0, 0.05) is 17.0 Å². The van der Waals surface area contributed by atoms with Gasteiger partial charge in [0.05, 0.1) is 13.0 Å². The number of thiophene rings is 1. The highest BCUT2D eigenvalue weighted by Gasteiger charge is 2.16. The van der Waals surface area contributed by atoms with Crippen LogP contribution in [0.25, 0.3) is 0 Å². The highest BCUT2D eigenvalue weighted by molar-refractivity contribution is 7.10. The first-order valence-electron chi connectivity index (χ1n) is 6.62. The summed E-state index contributed by atoms with van der Waals surface area (Å²) in [4.78, 5) is 12.8. The molecule has 3 nitrogen and oxygen atoms in total. The van der Waals surface area contributed by atoms with E-state index in [1.165, 1.54) is 4.88 Å². The summed E-state index contributed by atoms with van der Waals surface area (Å²) >= 11 is 1.76. The molecule has 0 spiro atoms. The molecule has 102 valence electrons. The first-order valence-corrected chi connectivity index (χ1v) is 7.50. The minimum Gasteiger partial charge on any atom is -0.466 e. The summed E-state index contributed by atoms with van der Waals surface area (Å²) < 4.78 is 4.97. The van der Waals surface area contributed by atoms with Crippen molar-refractivity contribution >= 4 is 17.3 Å². The molecule has 0 amide bonds. The topological polar surface area (TPSA) is 38.3 Å². The van der Waals surface area contributed by atoms with Crippen LogP contribution in [-0.2, 0) is 9.53 Å². The Labute approximate surface area is 114 Å². The molecule has 2 atom stereocenters. The Morgan fingerprint density at radius 1 is 1.50 bits per heavy atom. The zero-order valence-electron chi connectivity index (χ0n) is 11.4. The Bertz CT molecular complexity index is 338. The molecule has 0 saturated heterocycles. The third-order valence-corrected chi connectivity index (χ3v) is 3.71. The molecule has 1 aromatic rings. The zero-order chi connectivity index (χ0) is 13.4. The lowest BCUT2D eigenvalue weighted by molar-refractivity contribution is -0.143. The van der Waals surface area contributed by atoms with Crippen molar-refractivity contribution in [1.29, 1.82) is 0 Å². The Morgan fingerprint density at radius 2 is 2.28 bits per heavy atom. The maximum atomic E-state index is 11.4. The van der Waals surface area contributed by atoms with Gasteiger partial charge in [0.2, 0.25) is 0 Å². The minimum atomic E-state index is -0.126. The molecule has 4 heteroatoms. The van der Waals surface area contributed by atoms with Gasteiger partial charge in [-0.1, -0.05) is 19.4 Å². The second-order valence-corrected chi connectivity index (χ2v) is 5.41. The summed E-state index contributed by atoms with van der Waals surface area (Å²) in [6, 6.07) is 4.71. The maximum Gasteiger partial charge on any atom is 0.307 e. The number of carbonyl (C=O) groups is 1. The molecule has 1 heterocycles. The SMILES string of the molecule is CCCC(NC(C)CC(=O)OCC)c1cccs1. The molecule has 2 unspecified atom stereocenters. The lowest BCUT2D eigenvalue weighted by Crippen LogP contribution is -2.32. The number of carbonyl (C=O) groups excluding carboxylic acids is 1. The van der Waals surface area contributed by atoms with Gasteiger partial charge < -0.3 is 10.1 Å². The molecule has 1 rings (SSSR count). The summed E-state index contributed by atoms with van der Waals surface area (Å²) in [6.45, 7) is 6.50. The van der Waals surface area contributed by atoms with Crippen molar-refractivity contribution in [3.05, 3.63) is 22.4 Å². The molecule has 0 saturated carbocycles. The van der Waals surface area contributed by atoms with Crippen molar-refractivity contribution in [2.45, 2.75) is 52.1 Å². The summed E-state index contributed by atoms with van der Waals surface area (Å²) in [5, 5.41) is 5.61. The van der Waals surface area contributed by atoms with Gasteiger partial charge in [0.25, 0.3) is 0 Å². The monoisotopic (exact) mass is 269 g/mol.